The largest absolute Gasteiger partial charge is 0.350 e. The molecule has 4 amide bonds. The molecule has 1 aliphatic carbocycles. The molecular formula is C29H25N5O3. The van der Waals surface area contributed by atoms with Gasteiger partial charge in [0.1, 0.15) is 12.1 Å². The number of hydrogen-bond donors (Lipinski definition) is 2. The second-order valence-electron chi connectivity index (χ2n) is 9.31. The number of nitrogens with zero attached hydrogens (tertiary/aromatic N) is 3. The Morgan fingerprint density at radius 2 is 1.65 bits per heavy atom. The summed E-state index contributed by atoms with van der Waals surface area (Å²) in [5, 5.41) is 10.5. The molecule has 1 fully saturated rings. The van der Waals surface area contributed by atoms with Gasteiger partial charge in [-0.25, -0.2) is 9.48 Å². The van der Waals surface area contributed by atoms with Crippen LogP contribution in [0.1, 0.15) is 23.1 Å². The van der Waals surface area contributed by atoms with E-state index >= 15 is 0 Å². The summed E-state index contributed by atoms with van der Waals surface area (Å²) in [6, 6.07) is 26.6. The van der Waals surface area contributed by atoms with Crippen molar-refractivity contribution in [2.75, 3.05) is 6.54 Å². The van der Waals surface area contributed by atoms with Crippen LogP contribution in [0.5, 0.6) is 0 Å². The van der Waals surface area contributed by atoms with Crippen molar-refractivity contribution in [3.8, 4) is 16.9 Å². The van der Waals surface area contributed by atoms with E-state index in [2.05, 4.69) is 10.6 Å². The zero-order chi connectivity index (χ0) is 25.4. The Balaban J connectivity index is 1.19. The van der Waals surface area contributed by atoms with E-state index in [4.69, 9.17) is 5.10 Å². The number of nitrogens with one attached hydrogen (secondary N) is 2. The highest BCUT2D eigenvalue weighted by atomic mass is 16.2. The second-order valence-corrected chi connectivity index (χ2v) is 9.31. The van der Waals surface area contributed by atoms with Crippen LogP contribution < -0.4 is 10.6 Å². The molecule has 1 aromatic heterocycles. The third-order valence-electron chi connectivity index (χ3n) is 7.06. The lowest BCUT2D eigenvalue weighted by Gasteiger charge is -2.22. The number of fused-ring (bicyclic) bond motifs is 2. The first-order valence-electron chi connectivity index (χ1n) is 12.2. The number of imide groups is 1. The number of aryl methyl sites for hydroxylation is 1. The Morgan fingerprint density at radius 3 is 2.43 bits per heavy atom. The van der Waals surface area contributed by atoms with Gasteiger partial charge in [0.05, 0.1) is 11.4 Å². The van der Waals surface area contributed by atoms with Crippen molar-refractivity contribution in [3.63, 3.8) is 0 Å². The van der Waals surface area contributed by atoms with Gasteiger partial charge >= 0.3 is 6.03 Å². The number of urea groups is 1. The zero-order valence-electron chi connectivity index (χ0n) is 20.1. The molecule has 184 valence electrons. The molecule has 1 atom stereocenters. The Labute approximate surface area is 213 Å². The van der Waals surface area contributed by atoms with Gasteiger partial charge in [-0.05, 0) is 36.1 Å². The molecule has 0 radical (unpaired) electrons. The quantitative estimate of drug-likeness (QED) is 0.403. The minimum atomic E-state index is -1.08. The van der Waals surface area contributed by atoms with Crippen molar-refractivity contribution in [1.82, 2.24) is 25.3 Å². The summed E-state index contributed by atoms with van der Waals surface area (Å²) in [6.07, 6.45) is 3.08. The van der Waals surface area contributed by atoms with Gasteiger partial charge in [-0.15, -0.1) is 0 Å². The van der Waals surface area contributed by atoms with Gasteiger partial charge in [0.2, 0.25) is 5.91 Å². The molecule has 37 heavy (non-hydrogen) atoms. The van der Waals surface area contributed by atoms with Gasteiger partial charge in [-0.2, -0.15) is 5.10 Å². The topological polar surface area (TPSA) is 96.3 Å². The van der Waals surface area contributed by atoms with Crippen LogP contribution in [0.2, 0.25) is 0 Å². The normalized spacial score (nSPS) is 18.2. The van der Waals surface area contributed by atoms with E-state index in [-0.39, 0.29) is 19.0 Å². The number of carbonyl (C=O) groups excluding carboxylic acids is 3. The highest BCUT2D eigenvalue weighted by Gasteiger charge is 2.55. The van der Waals surface area contributed by atoms with Gasteiger partial charge in [0, 0.05) is 23.9 Å². The van der Waals surface area contributed by atoms with E-state index in [1.807, 2.05) is 91.1 Å². The standard InChI is InChI=1S/C29H25N5O3/c35-25(19-33-27(36)29(31-28(33)37)16-15-20-9-7-8-14-24(20)29)30-17-22-18-34(23-12-5-2-6-13-23)32-26(22)21-10-3-1-4-11-21/h1-14,18H,15-17,19H2,(H,30,35)(H,31,37)/t29-/m0/s1. The van der Waals surface area contributed by atoms with Crippen molar-refractivity contribution in [3.05, 3.63) is 108 Å². The maximum absolute atomic E-state index is 13.4. The zero-order valence-corrected chi connectivity index (χ0v) is 20.1. The maximum Gasteiger partial charge on any atom is 0.325 e. The first-order chi connectivity index (χ1) is 18.0. The Kier molecular flexibility index (Phi) is 5.56. The van der Waals surface area contributed by atoms with Crippen molar-refractivity contribution < 1.29 is 14.4 Å². The summed E-state index contributed by atoms with van der Waals surface area (Å²) in [5.41, 5.74) is 4.19. The van der Waals surface area contributed by atoms with E-state index in [9.17, 15) is 14.4 Å². The van der Waals surface area contributed by atoms with E-state index in [0.717, 1.165) is 38.5 Å². The van der Waals surface area contributed by atoms with E-state index in [0.29, 0.717) is 12.8 Å². The third-order valence-corrected chi connectivity index (χ3v) is 7.06. The van der Waals surface area contributed by atoms with Crippen LogP contribution in [0, 0.1) is 0 Å². The summed E-state index contributed by atoms with van der Waals surface area (Å²) in [7, 11) is 0. The number of aromatic nitrogens is 2. The van der Waals surface area contributed by atoms with Crippen molar-refractivity contribution in [2.45, 2.75) is 24.9 Å². The smallest absolute Gasteiger partial charge is 0.325 e. The van der Waals surface area contributed by atoms with Crippen molar-refractivity contribution >= 4 is 17.8 Å². The van der Waals surface area contributed by atoms with E-state index in [1.54, 1.807) is 4.68 Å². The number of amides is 4. The number of hydrogen-bond acceptors (Lipinski definition) is 4. The van der Waals surface area contributed by atoms with Gasteiger partial charge < -0.3 is 10.6 Å². The Hall–Kier alpha value is -4.72. The first-order valence-corrected chi connectivity index (χ1v) is 12.2. The molecule has 0 saturated carbocycles. The van der Waals surface area contributed by atoms with Crippen LogP contribution in [0.4, 0.5) is 4.79 Å². The summed E-state index contributed by atoms with van der Waals surface area (Å²) in [6.45, 7) is -0.143. The average Bonchev–Trinajstić information content (AvgIpc) is 3.60. The van der Waals surface area contributed by atoms with Crippen LogP contribution in [0.25, 0.3) is 16.9 Å². The first kappa shape index (κ1) is 22.7. The second kappa shape index (κ2) is 9.05. The number of benzene rings is 3. The highest BCUT2D eigenvalue weighted by molar-refractivity contribution is 6.09. The van der Waals surface area contributed by atoms with Crippen molar-refractivity contribution in [2.24, 2.45) is 0 Å². The monoisotopic (exact) mass is 491 g/mol. The molecule has 3 aromatic carbocycles. The maximum atomic E-state index is 13.4. The van der Waals surface area contributed by atoms with Crippen LogP contribution in [-0.2, 0) is 28.1 Å². The van der Waals surface area contributed by atoms with Crippen LogP contribution in [-0.4, -0.2) is 39.1 Å². The van der Waals surface area contributed by atoms with Gasteiger partial charge in [-0.1, -0.05) is 72.8 Å². The van der Waals surface area contributed by atoms with Gasteiger partial charge in [0.25, 0.3) is 5.91 Å². The molecule has 2 N–H and O–H groups in total. The molecule has 6 rings (SSSR count). The average molecular weight is 492 g/mol. The van der Waals surface area contributed by atoms with Crippen LogP contribution in [0.15, 0.2) is 91.1 Å². The third kappa shape index (κ3) is 3.96. The Bertz CT molecular complexity index is 1500. The Morgan fingerprint density at radius 1 is 0.946 bits per heavy atom. The molecule has 1 aliphatic heterocycles. The van der Waals surface area contributed by atoms with Crippen LogP contribution >= 0.6 is 0 Å². The molecule has 0 unspecified atom stereocenters. The molecule has 8 heteroatoms. The number of carbonyl (C=O) groups is 3. The molecule has 2 aliphatic rings. The fourth-order valence-electron chi connectivity index (χ4n) is 5.22. The van der Waals surface area contributed by atoms with E-state index < -0.39 is 17.5 Å². The summed E-state index contributed by atoms with van der Waals surface area (Å²) in [4.78, 5) is 40.1. The highest BCUT2D eigenvalue weighted by Crippen LogP contribution is 2.41. The molecule has 4 aromatic rings. The lowest BCUT2D eigenvalue weighted by atomic mass is 9.92. The summed E-state index contributed by atoms with van der Waals surface area (Å²) >= 11 is 0. The lowest BCUT2D eigenvalue weighted by molar-refractivity contribution is -0.135. The molecule has 1 spiro atoms. The fraction of sp³-hybridized carbons (Fsp3) is 0.172. The molecule has 2 heterocycles. The summed E-state index contributed by atoms with van der Waals surface area (Å²) in [5.74, 6) is -0.794. The molecular weight excluding hydrogens is 466 g/mol. The van der Waals surface area contributed by atoms with E-state index in [1.165, 1.54) is 0 Å². The van der Waals surface area contributed by atoms with Crippen LogP contribution in [0.3, 0.4) is 0 Å². The minimum Gasteiger partial charge on any atom is -0.350 e. The SMILES string of the molecule is O=C(CN1C(=O)N[C@]2(CCc3ccccc32)C1=O)NCc1cn(-c2ccccc2)nc1-c1ccccc1. The predicted octanol–water partition coefficient (Wildman–Crippen LogP) is 3.55. The predicted molar refractivity (Wildman–Crippen MR) is 138 cm³/mol. The molecule has 0 bridgehead atoms. The lowest BCUT2D eigenvalue weighted by Crippen LogP contribution is -2.43. The van der Waals surface area contributed by atoms with Gasteiger partial charge in [0.15, 0.2) is 0 Å². The van der Waals surface area contributed by atoms with Gasteiger partial charge in [-0.3, -0.25) is 14.5 Å². The molecule has 1 saturated heterocycles. The summed E-state index contributed by atoms with van der Waals surface area (Å²) < 4.78 is 1.78. The fourth-order valence-corrected chi connectivity index (χ4v) is 5.22. The minimum absolute atomic E-state index is 0.202. The molecule has 8 nitrogen and oxygen atoms in total. The van der Waals surface area contributed by atoms with Crippen molar-refractivity contribution in [1.29, 1.82) is 0 Å². The number of rotatable bonds is 6. The number of para-hydroxylation sites is 1.